The number of ether oxygens (including phenoxy) is 1. The molecule has 0 aromatic carbocycles. The minimum atomic E-state index is 0.459. The van der Waals surface area contributed by atoms with E-state index in [1.165, 1.54) is 0 Å². The number of rotatable bonds is 5. The van der Waals surface area contributed by atoms with E-state index in [4.69, 9.17) is 4.74 Å². The normalized spacial score (nSPS) is 21.7. The predicted octanol–water partition coefficient (Wildman–Crippen LogP) is 1.57. The molecule has 1 fully saturated rings. The molecule has 100 valence electrons. The van der Waals surface area contributed by atoms with E-state index in [0.29, 0.717) is 23.8 Å². The molecular formula is C13H17N5O. The molecular weight excluding hydrogens is 242 g/mol. The van der Waals surface area contributed by atoms with Crippen molar-refractivity contribution in [3.05, 3.63) is 31.0 Å². The number of aromatic nitrogens is 4. The van der Waals surface area contributed by atoms with Gasteiger partial charge in [0.25, 0.3) is 0 Å². The molecule has 6 nitrogen and oxygen atoms in total. The Labute approximate surface area is 111 Å². The van der Waals surface area contributed by atoms with E-state index in [1.54, 1.807) is 19.4 Å². The molecule has 6 heteroatoms. The Morgan fingerprint density at radius 1 is 1.42 bits per heavy atom. The van der Waals surface area contributed by atoms with E-state index in [1.807, 2.05) is 18.7 Å². The van der Waals surface area contributed by atoms with Gasteiger partial charge in [-0.15, -0.1) is 0 Å². The molecule has 0 atom stereocenters. The number of anilines is 1. The first kappa shape index (κ1) is 12.0. The molecule has 1 N–H and O–H groups in total. The summed E-state index contributed by atoms with van der Waals surface area (Å²) in [4.78, 5) is 12.5. The van der Waals surface area contributed by atoms with Gasteiger partial charge in [0.1, 0.15) is 0 Å². The Balaban J connectivity index is 1.48. The summed E-state index contributed by atoms with van der Waals surface area (Å²) in [6.45, 7) is 1.04. The van der Waals surface area contributed by atoms with Crippen LogP contribution in [0.15, 0.2) is 31.0 Å². The molecule has 2 aromatic heterocycles. The lowest BCUT2D eigenvalue weighted by atomic mass is 9.80. The summed E-state index contributed by atoms with van der Waals surface area (Å²) < 4.78 is 7.21. The number of hydrogen-bond acceptors (Lipinski definition) is 5. The zero-order valence-corrected chi connectivity index (χ0v) is 10.9. The van der Waals surface area contributed by atoms with Crippen LogP contribution in [0.5, 0.6) is 5.88 Å². The van der Waals surface area contributed by atoms with Gasteiger partial charge in [-0.1, -0.05) is 0 Å². The molecule has 0 spiro atoms. The third-order valence-corrected chi connectivity index (χ3v) is 3.44. The van der Waals surface area contributed by atoms with Crippen molar-refractivity contribution in [1.29, 1.82) is 0 Å². The van der Waals surface area contributed by atoms with Gasteiger partial charge < -0.3 is 14.6 Å². The zero-order chi connectivity index (χ0) is 13.1. The van der Waals surface area contributed by atoms with Gasteiger partial charge in [0.05, 0.1) is 13.4 Å². The topological polar surface area (TPSA) is 64.9 Å². The van der Waals surface area contributed by atoms with Crippen LogP contribution in [0, 0.1) is 5.92 Å². The van der Waals surface area contributed by atoms with Crippen LogP contribution in [0.2, 0.25) is 0 Å². The number of nitrogens with one attached hydrogen (secondary N) is 1. The lowest BCUT2D eigenvalue weighted by molar-refractivity contribution is 0.248. The zero-order valence-electron chi connectivity index (χ0n) is 10.9. The van der Waals surface area contributed by atoms with Crippen molar-refractivity contribution in [3.8, 4) is 5.88 Å². The molecule has 0 bridgehead atoms. The highest BCUT2D eigenvalue weighted by Gasteiger charge is 2.29. The second-order valence-electron chi connectivity index (χ2n) is 4.86. The molecule has 0 saturated heterocycles. The first-order chi connectivity index (χ1) is 9.33. The van der Waals surface area contributed by atoms with E-state index in [2.05, 4.69) is 24.8 Å². The molecule has 2 aromatic rings. The Morgan fingerprint density at radius 2 is 2.32 bits per heavy atom. The second-order valence-corrected chi connectivity index (χ2v) is 4.86. The van der Waals surface area contributed by atoms with Crippen molar-refractivity contribution in [2.45, 2.75) is 25.4 Å². The number of methoxy groups -OCH3 is 1. The fourth-order valence-electron chi connectivity index (χ4n) is 2.40. The van der Waals surface area contributed by atoms with Crippen molar-refractivity contribution in [2.75, 3.05) is 12.4 Å². The van der Waals surface area contributed by atoms with Crippen molar-refractivity contribution < 1.29 is 4.74 Å². The Kier molecular flexibility index (Phi) is 3.31. The van der Waals surface area contributed by atoms with Gasteiger partial charge >= 0.3 is 0 Å². The SMILES string of the molecule is COc1ccnc(NC2CC(Cn3ccnc3)C2)n1. The minimum absolute atomic E-state index is 0.459. The van der Waals surface area contributed by atoms with Crippen LogP contribution in [0.25, 0.3) is 0 Å². The highest BCUT2D eigenvalue weighted by Crippen LogP contribution is 2.30. The summed E-state index contributed by atoms with van der Waals surface area (Å²) in [6.07, 6.45) is 9.67. The Hall–Kier alpha value is -2.11. The third-order valence-electron chi connectivity index (χ3n) is 3.44. The highest BCUT2D eigenvalue weighted by atomic mass is 16.5. The molecule has 3 rings (SSSR count). The predicted molar refractivity (Wildman–Crippen MR) is 70.9 cm³/mol. The van der Waals surface area contributed by atoms with E-state index in [9.17, 15) is 0 Å². The van der Waals surface area contributed by atoms with Gasteiger partial charge in [-0.3, -0.25) is 0 Å². The van der Waals surface area contributed by atoms with Crippen LogP contribution in [-0.4, -0.2) is 32.7 Å². The lowest BCUT2D eigenvalue weighted by Crippen LogP contribution is -2.37. The van der Waals surface area contributed by atoms with Crippen molar-refractivity contribution in [2.24, 2.45) is 5.92 Å². The molecule has 1 aliphatic carbocycles. The maximum Gasteiger partial charge on any atom is 0.226 e. The summed E-state index contributed by atoms with van der Waals surface area (Å²) in [5.41, 5.74) is 0. The van der Waals surface area contributed by atoms with E-state index < -0.39 is 0 Å². The molecule has 0 unspecified atom stereocenters. The monoisotopic (exact) mass is 259 g/mol. The summed E-state index contributed by atoms with van der Waals surface area (Å²) in [7, 11) is 1.61. The summed E-state index contributed by atoms with van der Waals surface area (Å²) in [6, 6.07) is 2.20. The van der Waals surface area contributed by atoms with Crippen molar-refractivity contribution >= 4 is 5.95 Å². The Morgan fingerprint density at radius 3 is 3.05 bits per heavy atom. The van der Waals surface area contributed by atoms with E-state index in [0.717, 1.165) is 19.4 Å². The maximum absolute atomic E-state index is 5.08. The van der Waals surface area contributed by atoms with Crippen LogP contribution in [0.4, 0.5) is 5.95 Å². The van der Waals surface area contributed by atoms with Gasteiger partial charge in [0, 0.05) is 37.2 Å². The molecule has 19 heavy (non-hydrogen) atoms. The third kappa shape index (κ3) is 2.83. The number of nitrogens with zero attached hydrogens (tertiary/aromatic N) is 4. The molecule has 1 aliphatic rings. The first-order valence-electron chi connectivity index (χ1n) is 6.43. The van der Waals surface area contributed by atoms with Crippen molar-refractivity contribution in [3.63, 3.8) is 0 Å². The first-order valence-corrected chi connectivity index (χ1v) is 6.43. The summed E-state index contributed by atoms with van der Waals surface area (Å²) in [5.74, 6) is 1.94. The second kappa shape index (κ2) is 5.26. The van der Waals surface area contributed by atoms with Crippen LogP contribution < -0.4 is 10.1 Å². The van der Waals surface area contributed by atoms with Gasteiger partial charge in [-0.25, -0.2) is 9.97 Å². The average molecular weight is 259 g/mol. The smallest absolute Gasteiger partial charge is 0.226 e. The molecule has 0 aliphatic heterocycles. The largest absolute Gasteiger partial charge is 0.481 e. The number of imidazole rings is 1. The molecule has 0 amide bonds. The summed E-state index contributed by atoms with van der Waals surface area (Å²) in [5, 5.41) is 3.34. The summed E-state index contributed by atoms with van der Waals surface area (Å²) >= 11 is 0. The molecule has 2 heterocycles. The van der Waals surface area contributed by atoms with Crippen LogP contribution in [0.3, 0.4) is 0 Å². The van der Waals surface area contributed by atoms with Crippen LogP contribution in [0.1, 0.15) is 12.8 Å². The minimum Gasteiger partial charge on any atom is -0.481 e. The average Bonchev–Trinajstić information content (AvgIpc) is 2.89. The fraction of sp³-hybridized carbons (Fsp3) is 0.462. The maximum atomic E-state index is 5.08. The van der Waals surface area contributed by atoms with Gasteiger partial charge in [-0.05, 0) is 18.8 Å². The lowest BCUT2D eigenvalue weighted by Gasteiger charge is -2.35. The number of hydrogen-bond donors (Lipinski definition) is 1. The molecule has 1 saturated carbocycles. The standard InChI is InChI=1S/C13H17N5O/c1-19-12-2-3-15-13(17-12)16-11-6-10(7-11)8-18-5-4-14-9-18/h2-5,9-11H,6-8H2,1H3,(H,15,16,17). The van der Waals surface area contributed by atoms with Crippen molar-refractivity contribution in [1.82, 2.24) is 19.5 Å². The van der Waals surface area contributed by atoms with Crippen LogP contribution in [-0.2, 0) is 6.54 Å². The van der Waals surface area contributed by atoms with E-state index >= 15 is 0 Å². The van der Waals surface area contributed by atoms with Gasteiger partial charge in [0.2, 0.25) is 11.8 Å². The molecule has 0 radical (unpaired) electrons. The van der Waals surface area contributed by atoms with Crippen LogP contribution >= 0.6 is 0 Å². The van der Waals surface area contributed by atoms with E-state index in [-0.39, 0.29) is 0 Å². The van der Waals surface area contributed by atoms with Gasteiger partial charge in [0.15, 0.2) is 0 Å². The highest BCUT2D eigenvalue weighted by molar-refractivity contribution is 5.29. The quantitative estimate of drug-likeness (QED) is 0.883. The van der Waals surface area contributed by atoms with Gasteiger partial charge in [-0.2, -0.15) is 4.98 Å². The fourth-order valence-corrected chi connectivity index (χ4v) is 2.40. The Bertz CT molecular complexity index is 522.